The number of nitrogens with zero attached hydrogens (tertiary/aromatic N) is 2. The minimum absolute atomic E-state index is 0.761. The van der Waals surface area contributed by atoms with Gasteiger partial charge in [-0.05, 0) is 42.7 Å². The van der Waals surface area contributed by atoms with Crippen molar-refractivity contribution in [2.75, 3.05) is 19.6 Å². The van der Waals surface area contributed by atoms with Crippen LogP contribution < -0.4 is 5.32 Å². The molecular weight excluding hydrogens is 222 g/mol. The number of aromatic nitrogens is 1. The van der Waals surface area contributed by atoms with E-state index in [4.69, 9.17) is 0 Å². The van der Waals surface area contributed by atoms with Crippen molar-refractivity contribution < 1.29 is 0 Å². The van der Waals surface area contributed by atoms with E-state index in [9.17, 15) is 0 Å². The molecule has 1 saturated carbocycles. The molecule has 98 valence electrons. The quantitative estimate of drug-likeness (QED) is 0.712. The summed E-state index contributed by atoms with van der Waals surface area (Å²) in [4.78, 5) is 6.46. The topological polar surface area (TPSA) is 28.2 Å². The number of pyridine rings is 1. The Balaban J connectivity index is 1.75. The molecule has 3 heteroatoms. The first-order valence-corrected chi connectivity index (χ1v) is 6.79. The molecule has 2 rings (SSSR count). The highest BCUT2D eigenvalue weighted by Gasteiger charge is 2.20. The molecule has 1 heterocycles. The fourth-order valence-corrected chi connectivity index (χ4v) is 1.97. The number of hydrogen-bond acceptors (Lipinski definition) is 3. The lowest BCUT2D eigenvalue weighted by Crippen LogP contribution is -2.29. The molecule has 3 nitrogen and oxygen atoms in total. The first kappa shape index (κ1) is 13.2. The first-order valence-electron chi connectivity index (χ1n) is 6.79. The van der Waals surface area contributed by atoms with E-state index >= 15 is 0 Å². The van der Waals surface area contributed by atoms with Gasteiger partial charge in [0.05, 0.1) is 0 Å². The minimum Gasteiger partial charge on any atom is -0.310 e. The van der Waals surface area contributed by atoms with Crippen molar-refractivity contribution >= 4 is 0 Å². The third-order valence-electron chi connectivity index (χ3n) is 3.27. The van der Waals surface area contributed by atoms with Gasteiger partial charge in [-0.3, -0.25) is 9.88 Å². The summed E-state index contributed by atoms with van der Waals surface area (Å²) in [5.41, 5.74) is 2.59. The summed E-state index contributed by atoms with van der Waals surface area (Å²) in [6.07, 6.45) is 6.38. The van der Waals surface area contributed by atoms with Gasteiger partial charge in [0.2, 0.25) is 0 Å². The molecule has 0 aromatic carbocycles. The van der Waals surface area contributed by atoms with Crippen molar-refractivity contribution in [2.45, 2.75) is 32.4 Å². The van der Waals surface area contributed by atoms with Gasteiger partial charge in [-0.15, -0.1) is 0 Å². The van der Waals surface area contributed by atoms with Crippen molar-refractivity contribution in [3.8, 4) is 0 Å². The van der Waals surface area contributed by atoms with Gasteiger partial charge in [-0.2, -0.15) is 0 Å². The standard InChI is InChI=1S/C15H23N3/c1-3-18(12-14-6-8-16-9-7-14)11-13(2)10-17-15-4-5-15/h6-9,15,17H,2-5,10-12H2,1H3. The highest BCUT2D eigenvalue weighted by molar-refractivity contribution is 5.10. The molecule has 0 spiro atoms. The lowest BCUT2D eigenvalue weighted by atomic mass is 10.2. The molecule has 1 aliphatic rings. The Labute approximate surface area is 110 Å². The third kappa shape index (κ3) is 4.59. The second-order valence-electron chi connectivity index (χ2n) is 5.06. The molecule has 0 amide bonds. The molecule has 0 radical (unpaired) electrons. The van der Waals surface area contributed by atoms with E-state index in [0.717, 1.165) is 32.2 Å². The van der Waals surface area contributed by atoms with Crippen LogP contribution in [0.3, 0.4) is 0 Å². The molecular formula is C15H23N3. The van der Waals surface area contributed by atoms with Crippen LogP contribution in [0.2, 0.25) is 0 Å². The van der Waals surface area contributed by atoms with E-state index in [0.29, 0.717) is 0 Å². The van der Waals surface area contributed by atoms with Crippen LogP contribution >= 0.6 is 0 Å². The maximum atomic E-state index is 4.17. The second kappa shape index (κ2) is 6.66. The maximum absolute atomic E-state index is 4.17. The van der Waals surface area contributed by atoms with Gasteiger partial charge >= 0.3 is 0 Å². The number of rotatable bonds is 8. The molecule has 0 bridgehead atoms. The smallest absolute Gasteiger partial charge is 0.0271 e. The SMILES string of the molecule is C=C(CNC1CC1)CN(CC)Cc1ccncc1. The third-order valence-corrected chi connectivity index (χ3v) is 3.27. The van der Waals surface area contributed by atoms with Crippen LogP contribution in [0.5, 0.6) is 0 Å². The van der Waals surface area contributed by atoms with Gasteiger partial charge in [-0.25, -0.2) is 0 Å². The summed E-state index contributed by atoms with van der Waals surface area (Å²) in [7, 11) is 0. The Morgan fingerprint density at radius 2 is 2.17 bits per heavy atom. The molecule has 0 unspecified atom stereocenters. The van der Waals surface area contributed by atoms with Crippen molar-refractivity contribution in [3.05, 3.63) is 42.2 Å². The average Bonchev–Trinajstić information content (AvgIpc) is 3.21. The summed E-state index contributed by atoms with van der Waals surface area (Å²) in [6.45, 7) is 10.3. The summed E-state index contributed by atoms with van der Waals surface area (Å²) in [5, 5.41) is 3.51. The molecule has 18 heavy (non-hydrogen) atoms. The summed E-state index contributed by atoms with van der Waals surface area (Å²) >= 11 is 0. The largest absolute Gasteiger partial charge is 0.310 e. The zero-order valence-corrected chi connectivity index (χ0v) is 11.2. The van der Waals surface area contributed by atoms with Crippen molar-refractivity contribution in [3.63, 3.8) is 0 Å². The van der Waals surface area contributed by atoms with Crippen LogP contribution in [0.4, 0.5) is 0 Å². The van der Waals surface area contributed by atoms with Gasteiger partial charge in [0, 0.05) is 38.1 Å². The average molecular weight is 245 g/mol. The minimum atomic E-state index is 0.761. The maximum Gasteiger partial charge on any atom is 0.0271 e. The molecule has 0 saturated heterocycles. The van der Waals surface area contributed by atoms with E-state index < -0.39 is 0 Å². The van der Waals surface area contributed by atoms with Crippen LogP contribution in [0.1, 0.15) is 25.3 Å². The Hall–Kier alpha value is -1.19. The van der Waals surface area contributed by atoms with E-state index in [1.807, 2.05) is 12.4 Å². The van der Waals surface area contributed by atoms with Gasteiger partial charge in [0.15, 0.2) is 0 Å². The zero-order valence-electron chi connectivity index (χ0n) is 11.2. The van der Waals surface area contributed by atoms with Gasteiger partial charge in [0.25, 0.3) is 0 Å². The molecule has 0 aliphatic heterocycles. The van der Waals surface area contributed by atoms with Crippen LogP contribution in [0.15, 0.2) is 36.7 Å². The van der Waals surface area contributed by atoms with Gasteiger partial charge in [-0.1, -0.05) is 13.5 Å². The summed E-state index contributed by atoms with van der Waals surface area (Å²) in [6, 6.07) is 4.92. The number of likely N-dealkylation sites (N-methyl/N-ethyl adjacent to an activating group) is 1. The predicted molar refractivity (Wildman–Crippen MR) is 75.4 cm³/mol. The van der Waals surface area contributed by atoms with Crippen LogP contribution in [0.25, 0.3) is 0 Å². The molecule has 1 aromatic rings. The van der Waals surface area contributed by atoms with E-state index in [2.05, 4.69) is 40.8 Å². The monoisotopic (exact) mass is 245 g/mol. The van der Waals surface area contributed by atoms with Crippen LogP contribution in [-0.4, -0.2) is 35.6 Å². The highest BCUT2D eigenvalue weighted by atomic mass is 15.1. The van der Waals surface area contributed by atoms with Gasteiger partial charge < -0.3 is 5.32 Å². The van der Waals surface area contributed by atoms with Crippen molar-refractivity contribution in [2.24, 2.45) is 0 Å². The number of hydrogen-bond donors (Lipinski definition) is 1. The van der Waals surface area contributed by atoms with E-state index in [1.165, 1.54) is 24.0 Å². The van der Waals surface area contributed by atoms with E-state index in [-0.39, 0.29) is 0 Å². The summed E-state index contributed by atoms with van der Waals surface area (Å²) in [5.74, 6) is 0. The highest BCUT2D eigenvalue weighted by Crippen LogP contribution is 2.18. The molecule has 0 atom stereocenters. The van der Waals surface area contributed by atoms with Gasteiger partial charge in [0.1, 0.15) is 0 Å². The Morgan fingerprint density at radius 1 is 1.44 bits per heavy atom. The lowest BCUT2D eigenvalue weighted by Gasteiger charge is -2.21. The number of nitrogens with one attached hydrogen (secondary N) is 1. The summed E-state index contributed by atoms with van der Waals surface area (Å²) < 4.78 is 0. The molecule has 1 aliphatic carbocycles. The zero-order chi connectivity index (χ0) is 12.8. The fraction of sp³-hybridized carbons (Fsp3) is 0.533. The second-order valence-corrected chi connectivity index (χ2v) is 5.06. The predicted octanol–water partition coefficient (Wildman–Crippen LogP) is 2.21. The Kier molecular flexibility index (Phi) is 4.90. The van der Waals surface area contributed by atoms with Crippen LogP contribution in [-0.2, 0) is 6.54 Å². The fourth-order valence-electron chi connectivity index (χ4n) is 1.97. The van der Waals surface area contributed by atoms with Crippen molar-refractivity contribution in [1.29, 1.82) is 0 Å². The normalized spacial score (nSPS) is 15.0. The molecule has 1 N–H and O–H groups in total. The van der Waals surface area contributed by atoms with Crippen LogP contribution in [0, 0.1) is 0 Å². The Morgan fingerprint density at radius 3 is 2.78 bits per heavy atom. The Bertz CT molecular complexity index is 371. The first-order chi connectivity index (χ1) is 8.78. The lowest BCUT2D eigenvalue weighted by molar-refractivity contribution is 0.302. The molecule has 1 aromatic heterocycles. The van der Waals surface area contributed by atoms with Crippen molar-refractivity contribution in [1.82, 2.24) is 15.2 Å². The van der Waals surface area contributed by atoms with E-state index in [1.54, 1.807) is 0 Å². The molecule has 1 fully saturated rings.